The Kier molecular flexibility index (Phi) is 5.07. The van der Waals surface area contributed by atoms with Crippen LogP contribution >= 0.6 is 11.3 Å². The quantitative estimate of drug-likeness (QED) is 0.622. The zero-order valence-electron chi connectivity index (χ0n) is 16.9. The van der Waals surface area contributed by atoms with Gasteiger partial charge >= 0.3 is 0 Å². The first-order valence-corrected chi connectivity index (χ1v) is 11.0. The van der Waals surface area contributed by atoms with E-state index in [4.69, 9.17) is 9.47 Å². The van der Waals surface area contributed by atoms with E-state index in [1.165, 1.54) is 11.3 Å². The zero-order valence-corrected chi connectivity index (χ0v) is 17.8. The average molecular weight is 436 g/mol. The van der Waals surface area contributed by atoms with Crippen LogP contribution in [0.4, 0.5) is 10.8 Å². The van der Waals surface area contributed by atoms with E-state index in [1.807, 2.05) is 24.3 Å². The van der Waals surface area contributed by atoms with Crippen molar-refractivity contribution < 1.29 is 19.1 Å². The first kappa shape index (κ1) is 19.6. The van der Waals surface area contributed by atoms with Crippen molar-refractivity contribution in [2.24, 2.45) is 0 Å². The van der Waals surface area contributed by atoms with Crippen LogP contribution in [0.1, 0.15) is 45.8 Å². The smallest absolute Gasteiger partial charge is 0.257 e. The molecular formula is C23H21N3O4S. The van der Waals surface area contributed by atoms with Gasteiger partial charge in [0, 0.05) is 16.1 Å². The number of amides is 2. The molecule has 0 saturated heterocycles. The van der Waals surface area contributed by atoms with Crippen molar-refractivity contribution in [3.8, 4) is 11.5 Å². The Morgan fingerprint density at radius 3 is 2.84 bits per heavy atom. The van der Waals surface area contributed by atoms with Gasteiger partial charge in [0.05, 0.1) is 11.6 Å². The van der Waals surface area contributed by atoms with Crippen LogP contribution in [0.15, 0.2) is 42.5 Å². The average Bonchev–Trinajstić information content (AvgIpc) is 3.49. The van der Waals surface area contributed by atoms with Crippen molar-refractivity contribution in [3.05, 3.63) is 64.2 Å². The van der Waals surface area contributed by atoms with E-state index < -0.39 is 0 Å². The molecule has 1 aromatic heterocycles. The number of hydrogen-bond donors (Lipinski definition) is 2. The number of fused-ring (bicyclic) bond motifs is 2. The van der Waals surface area contributed by atoms with Crippen LogP contribution in [0.2, 0.25) is 0 Å². The molecule has 1 unspecified atom stereocenters. The molecule has 0 radical (unpaired) electrons. The van der Waals surface area contributed by atoms with Crippen LogP contribution < -0.4 is 20.1 Å². The second kappa shape index (κ2) is 8.03. The van der Waals surface area contributed by atoms with Gasteiger partial charge in [-0.2, -0.15) is 0 Å². The summed E-state index contributed by atoms with van der Waals surface area (Å²) >= 11 is 1.43. The van der Waals surface area contributed by atoms with E-state index in [2.05, 4.69) is 22.5 Å². The molecule has 2 amide bonds. The first-order chi connectivity index (χ1) is 15.1. The number of nitrogens with one attached hydrogen (secondary N) is 2. The minimum absolute atomic E-state index is 0.0569. The SMILES string of the molecule is CCc1ccccc1NC(=O)C1CCc2sc(NC(=O)c3ccc4c(c3)OCO4)nc21. The molecule has 3 aromatic rings. The maximum absolute atomic E-state index is 12.9. The molecule has 5 rings (SSSR count). The van der Waals surface area contributed by atoms with Gasteiger partial charge < -0.3 is 14.8 Å². The van der Waals surface area contributed by atoms with E-state index in [0.717, 1.165) is 41.1 Å². The molecule has 2 aromatic carbocycles. The Balaban J connectivity index is 1.30. The third-order valence-electron chi connectivity index (χ3n) is 5.55. The standard InChI is InChI=1S/C23H21N3O4S/c1-2-13-5-3-4-6-16(13)24-22(28)15-8-10-19-20(15)25-23(31-19)26-21(27)14-7-9-17-18(11-14)30-12-29-17/h3-7,9,11,15H,2,8,10,12H2,1H3,(H,24,28)(H,25,26,27). The summed E-state index contributed by atoms with van der Waals surface area (Å²) in [6.45, 7) is 2.22. The predicted octanol–water partition coefficient (Wildman–Crippen LogP) is 4.36. The zero-order chi connectivity index (χ0) is 21.4. The Hall–Kier alpha value is -3.39. The van der Waals surface area contributed by atoms with Crippen LogP contribution in [-0.4, -0.2) is 23.6 Å². The number of carbonyl (C=O) groups excluding carboxylic acids is 2. The molecule has 8 heteroatoms. The van der Waals surface area contributed by atoms with Gasteiger partial charge in [-0.3, -0.25) is 14.9 Å². The summed E-state index contributed by atoms with van der Waals surface area (Å²) in [5.41, 5.74) is 3.17. The van der Waals surface area contributed by atoms with E-state index >= 15 is 0 Å². The fraction of sp³-hybridized carbons (Fsp3) is 0.261. The number of ether oxygens (including phenoxy) is 2. The number of hydrogen-bond acceptors (Lipinski definition) is 6. The number of para-hydroxylation sites is 1. The molecule has 0 bridgehead atoms. The minimum Gasteiger partial charge on any atom is -0.454 e. The van der Waals surface area contributed by atoms with Crippen molar-refractivity contribution >= 4 is 34.0 Å². The summed E-state index contributed by atoms with van der Waals surface area (Å²) in [5, 5.41) is 6.40. The third kappa shape index (κ3) is 3.74. The van der Waals surface area contributed by atoms with Crippen molar-refractivity contribution in [2.75, 3.05) is 17.4 Å². The summed E-state index contributed by atoms with van der Waals surface area (Å²) < 4.78 is 10.6. The lowest BCUT2D eigenvalue weighted by atomic mass is 10.1. The highest BCUT2D eigenvalue weighted by Gasteiger charge is 2.33. The number of benzene rings is 2. The fourth-order valence-corrected chi connectivity index (χ4v) is 4.95. The van der Waals surface area contributed by atoms with Gasteiger partial charge in [0.25, 0.3) is 5.91 Å². The van der Waals surface area contributed by atoms with Crippen LogP contribution in [-0.2, 0) is 17.6 Å². The maximum atomic E-state index is 12.9. The second-order valence-corrected chi connectivity index (χ2v) is 8.52. The summed E-state index contributed by atoms with van der Waals surface area (Å²) in [6.07, 6.45) is 2.35. The Morgan fingerprint density at radius 1 is 1.13 bits per heavy atom. The van der Waals surface area contributed by atoms with Crippen LogP contribution in [0, 0.1) is 0 Å². The largest absolute Gasteiger partial charge is 0.454 e. The van der Waals surface area contributed by atoms with Crippen molar-refractivity contribution in [3.63, 3.8) is 0 Å². The molecule has 0 spiro atoms. The fourth-order valence-electron chi connectivity index (χ4n) is 3.91. The molecule has 2 N–H and O–H groups in total. The molecule has 0 fully saturated rings. The molecule has 1 aliphatic carbocycles. The minimum atomic E-state index is -0.313. The third-order valence-corrected chi connectivity index (χ3v) is 6.59. The molecule has 2 heterocycles. The van der Waals surface area contributed by atoms with Gasteiger partial charge in [-0.05, 0) is 49.1 Å². The van der Waals surface area contributed by atoms with Gasteiger partial charge in [-0.15, -0.1) is 11.3 Å². The van der Waals surface area contributed by atoms with Gasteiger partial charge in [0.15, 0.2) is 16.6 Å². The van der Waals surface area contributed by atoms with Crippen LogP contribution in [0.5, 0.6) is 11.5 Å². The van der Waals surface area contributed by atoms with Gasteiger partial charge in [-0.1, -0.05) is 25.1 Å². The number of carbonyl (C=O) groups is 2. The topological polar surface area (TPSA) is 89.6 Å². The molecule has 0 saturated carbocycles. The number of nitrogens with zero attached hydrogens (tertiary/aromatic N) is 1. The van der Waals surface area contributed by atoms with Crippen molar-refractivity contribution in [1.82, 2.24) is 4.98 Å². The van der Waals surface area contributed by atoms with E-state index in [1.54, 1.807) is 18.2 Å². The highest BCUT2D eigenvalue weighted by molar-refractivity contribution is 7.16. The summed E-state index contributed by atoms with van der Waals surface area (Å²) in [7, 11) is 0. The summed E-state index contributed by atoms with van der Waals surface area (Å²) in [4.78, 5) is 31.2. The maximum Gasteiger partial charge on any atom is 0.257 e. The molecule has 1 aliphatic heterocycles. The normalized spacial score (nSPS) is 16.1. The molecular weight excluding hydrogens is 414 g/mol. The molecule has 31 heavy (non-hydrogen) atoms. The van der Waals surface area contributed by atoms with E-state index in [-0.39, 0.29) is 24.5 Å². The van der Waals surface area contributed by atoms with Crippen molar-refractivity contribution in [2.45, 2.75) is 32.1 Å². The van der Waals surface area contributed by atoms with E-state index in [0.29, 0.717) is 22.2 Å². The summed E-state index contributed by atoms with van der Waals surface area (Å²) in [5.74, 6) is 0.538. The lowest BCUT2D eigenvalue weighted by Gasteiger charge is -2.13. The molecule has 1 atom stereocenters. The summed E-state index contributed by atoms with van der Waals surface area (Å²) in [6, 6.07) is 12.9. The van der Waals surface area contributed by atoms with Crippen LogP contribution in [0.3, 0.4) is 0 Å². The highest BCUT2D eigenvalue weighted by atomic mass is 32.1. The Labute approximate surface area is 183 Å². The van der Waals surface area contributed by atoms with Crippen molar-refractivity contribution in [1.29, 1.82) is 0 Å². The lowest BCUT2D eigenvalue weighted by Crippen LogP contribution is -2.20. The number of anilines is 2. The number of aromatic nitrogens is 1. The second-order valence-electron chi connectivity index (χ2n) is 7.44. The number of thiazole rings is 1. The van der Waals surface area contributed by atoms with Gasteiger partial charge in [0.1, 0.15) is 0 Å². The molecule has 158 valence electrons. The molecule has 7 nitrogen and oxygen atoms in total. The van der Waals surface area contributed by atoms with Crippen LogP contribution in [0.25, 0.3) is 0 Å². The monoisotopic (exact) mass is 435 g/mol. The molecule has 2 aliphatic rings. The highest BCUT2D eigenvalue weighted by Crippen LogP contribution is 2.39. The Bertz CT molecular complexity index is 1170. The lowest BCUT2D eigenvalue weighted by molar-refractivity contribution is -0.117. The van der Waals surface area contributed by atoms with Gasteiger partial charge in [-0.25, -0.2) is 4.98 Å². The van der Waals surface area contributed by atoms with Gasteiger partial charge in [0.2, 0.25) is 12.7 Å². The number of rotatable bonds is 5. The first-order valence-electron chi connectivity index (χ1n) is 10.2. The predicted molar refractivity (Wildman–Crippen MR) is 118 cm³/mol. The number of aryl methyl sites for hydroxylation is 2. The van der Waals surface area contributed by atoms with E-state index in [9.17, 15) is 9.59 Å². The Morgan fingerprint density at radius 2 is 1.97 bits per heavy atom.